The van der Waals surface area contributed by atoms with Gasteiger partial charge in [-0.25, -0.2) is 4.68 Å². The number of thiazole rings is 1. The first-order valence-electron chi connectivity index (χ1n) is 12.9. The highest BCUT2D eigenvalue weighted by molar-refractivity contribution is 7.15. The van der Waals surface area contributed by atoms with E-state index in [1.165, 1.54) is 15.9 Å². The summed E-state index contributed by atoms with van der Waals surface area (Å²) in [6.07, 6.45) is 3.79. The number of hydrogen-bond acceptors (Lipinski definition) is 7. The molecule has 6 rings (SSSR count). The second kappa shape index (κ2) is 10.8. The Labute approximate surface area is 234 Å². The van der Waals surface area contributed by atoms with Gasteiger partial charge in [0.1, 0.15) is 17.2 Å². The van der Waals surface area contributed by atoms with Crippen molar-refractivity contribution in [1.29, 1.82) is 0 Å². The van der Waals surface area contributed by atoms with Gasteiger partial charge in [0.15, 0.2) is 5.82 Å². The third kappa shape index (κ3) is 5.11. The predicted octanol–water partition coefficient (Wildman–Crippen LogP) is 5.26. The molecule has 6 aromatic rings. The van der Waals surface area contributed by atoms with Gasteiger partial charge in [0.2, 0.25) is 4.96 Å². The fourth-order valence-electron chi connectivity index (χ4n) is 4.24. The van der Waals surface area contributed by atoms with Crippen LogP contribution in [0.5, 0.6) is 11.5 Å². The van der Waals surface area contributed by atoms with Gasteiger partial charge < -0.3 is 9.47 Å². The van der Waals surface area contributed by atoms with E-state index in [-0.39, 0.29) is 5.56 Å². The molecule has 40 heavy (non-hydrogen) atoms. The summed E-state index contributed by atoms with van der Waals surface area (Å²) in [6, 6.07) is 25.2. The van der Waals surface area contributed by atoms with Gasteiger partial charge in [-0.3, -0.25) is 4.79 Å². The van der Waals surface area contributed by atoms with Crippen molar-refractivity contribution in [1.82, 2.24) is 24.4 Å². The molecule has 3 aromatic heterocycles. The van der Waals surface area contributed by atoms with Gasteiger partial charge in [-0.2, -0.15) is 14.6 Å². The van der Waals surface area contributed by atoms with Gasteiger partial charge in [-0.15, -0.1) is 5.10 Å². The van der Waals surface area contributed by atoms with Gasteiger partial charge in [0, 0.05) is 22.9 Å². The SMILES string of the molecule is COc1ccc(-c2nn(-c3ccccc3)cc2/C=c2\sc3nc(-c4ccc(OCC(C)C)cc4)nn3c2=O)cc1. The average Bonchev–Trinajstić information content (AvgIpc) is 3.68. The van der Waals surface area contributed by atoms with E-state index in [9.17, 15) is 4.79 Å². The number of nitrogens with zero attached hydrogens (tertiary/aromatic N) is 5. The summed E-state index contributed by atoms with van der Waals surface area (Å²) in [7, 11) is 1.64. The lowest BCUT2D eigenvalue weighted by Gasteiger charge is -2.08. The van der Waals surface area contributed by atoms with Crippen LogP contribution in [0.25, 0.3) is 39.4 Å². The van der Waals surface area contributed by atoms with Crippen molar-refractivity contribution in [2.24, 2.45) is 5.92 Å². The van der Waals surface area contributed by atoms with Crippen molar-refractivity contribution < 1.29 is 9.47 Å². The molecule has 0 amide bonds. The highest BCUT2D eigenvalue weighted by Crippen LogP contribution is 2.27. The van der Waals surface area contributed by atoms with Gasteiger partial charge in [0.05, 0.1) is 23.9 Å². The molecule has 0 unspecified atom stereocenters. The topological polar surface area (TPSA) is 83.5 Å². The summed E-state index contributed by atoms with van der Waals surface area (Å²) < 4.78 is 14.8. The van der Waals surface area contributed by atoms with Crippen molar-refractivity contribution in [3.8, 4) is 39.8 Å². The van der Waals surface area contributed by atoms with E-state index in [1.807, 2.05) is 95.8 Å². The molecule has 3 heterocycles. The number of benzene rings is 3. The Kier molecular flexibility index (Phi) is 6.88. The Morgan fingerprint density at radius 1 is 0.900 bits per heavy atom. The molecule has 8 nitrogen and oxygen atoms in total. The second-order valence-corrected chi connectivity index (χ2v) is 10.7. The van der Waals surface area contributed by atoms with Crippen LogP contribution < -0.4 is 19.6 Å². The van der Waals surface area contributed by atoms with Crippen molar-refractivity contribution in [3.05, 3.63) is 106 Å². The monoisotopic (exact) mass is 549 g/mol. The Balaban J connectivity index is 1.37. The summed E-state index contributed by atoms with van der Waals surface area (Å²) in [5.74, 6) is 2.50. The molecule has 0 N–H and O–H groups in total. The lowest BCUT2D eigenvalue weighted by atomic mass is 10.1. The first-order valence-corrected chi connectivity index (χ1v) is 13.7. The lowest BCUT2D eigenvalue weighted by molar-refractivity contribution is 0.271. The van der Waals surface area contributed by atoms with E-state index in [0.717, 1.165) is 39.6 Å². The minimum atomic E-state index is -0.219. The van der Waals surface area contributed by atoms with E-state index >= 15 is 0 Å². The normalized spacial score (nSPS) is 11.9. The maximum absolute atomic E-state index is 13.4. The first kappa shape index (κ1) is 25.5. The summed E-state index contributed by atoms with van der Waals surface area (Å²) in [5, 5.41) is 9.37. The summed E-state index contributed by atoms with van der Waals surface area (Å²) >= 11 is 1.30. The molecule has 0 spiro atoms. The van der Waals surface area contributed by atoms with Gasteiger partial charge in [-0.05, 0) is 72.7 Å². The Bertz CT molecular complexity index is 1870. The van der Waals surface area contributed by atoms with Crippen molar-refractivity contribution in [2.75, 3.05) is 13.7 Å². The number of para-hydroxylation sites is 1. The summed E-state index contributed by atoms with van der Waals surface area (Å²) in [5.41, 5.74) is 4.01. The minimum Gasteiger partial charge on any atom is -0.497 e. The highest BCUT2D eigenvalue weighted by atomic mass is 32.1. The Morgan fingerprint density at radius 2 is 1.60 bits per heavy atom. The molecule has 0 fully saturated rings. The van der Waals surface area contributed by atoms with E-state index < -0.39 is 0 Å². The standard InChI is InChI=1S/C31H27N5O3S/c1-20(2)19-39-26-15-11-22(12-16-26)29-32-31-36(34-29)30(37)27(40-31)17-23-18-35(24-7-5-4-6-8-24)33-28(23)21-9-13-25(38-3)14-10-21/h4-18,20H,19H2,1-3H3/b27-17-. The quantitative estimate of drug-likeness (QED) is 0.258. The molecule has 0 saturated carbocycles. The molecule has 0 aliphatic carbocycles. The number of ether oxygens (including phenoxy) is 2. The third-order valence-corrected chi connectivity index (χ3v) is 7.25. The molecule has 0 saturated heterocycles. The van der Waals surface area contributed by atoms with E-state index in [0.29, 0.717) is 27.8 Å². The fraction of sp³-hybridized carbons (Fsp3) is 0.161. The van der Waals surface area contributed by atoms with Crippen LogP contribution in [0.1, 0.15) is 19.4 Å². The van der Waals surface area contributed by atoms with E-state index in [2.05, 4.69) is 23.9 Å². The summed E-state index contributed by atoms with van der Waals surface area (Å²) in [4.78, 5) is 18.5. The maximum atomic E-state index is 13.4. The number of fused-ring (bicyclic) bond motifs is 1. The molecule has 3 aromatic carbocycles. The minimum absolute atomic E-state index is 0.219. The van der Waals surface area contributed by atoms with Crippen LogP contribution in [0.4, 0.5) is 0 Å². The lowest BCUT2D eigenvalue weighted by Crippen LogP contribution is -2.23. The average molecular weight is 550 g/mol. The van der Waals surface area contributed by atoms with E-state index in [4.69, 9.17) is 14.6 Å². The second-order valence-electron chi connectivity index (χ2n) is 9.72. The van der Waals surface area contributed by atoms with Crippen LogP contribution in [-0.2, 0) is 0 Å². The van der Waals surface area contributed by atoms with Crippen molar-refractivity contribution in [2.45, 2.75) is 13.8 Å². The molecule has 200 valence electrons. The Morgan fingerprint density at radius 3 is 2.27 bits per heavy atom. The molecule has 0 aliphatic heterocycles. The molecule has 9 heteroatoms. The van der Waals surface area contributed by atoms with Gasteiger partial charge in [0.25, 0.3) is 5.56 Å². The Hall–Kier alpha value is -4.76. The first-order chi connectivity index (χ1) is 19.5. The molecule has 0 bridgehead atoms. The molecule has 0 radical (unpaired) electrons. The fourth-order valence-corrected chi connectivity index (χ4v) is 5.14. The molecule has 0 aliphatic rings. The zero-order valence-corrected chi connectivity index (χ0v) is 23.1. The predicted molar refractivity (Wildman–Crippen MR) is 157 cm³/mol. The van der Waals surface area contributed by atoms with Gasteiger partial charge in [-0.1, -0.05) is 43.4 Å². The third-order valence-electron chi connectivity index (χ3n) is 6.29. The molecular weight excluding hydrogens is 522 g/mol. The number of methoxy groups -OCH3 is 1. The number of aromatic nitrogens is 5. The summed E-state index contributed by atoms with van der Waals surface area (Å²) in [6.45, 7) is 4.87. The van der Waals surface area contributed by atoms with Crippen molar-refractivity contribution >= 4 is 22.4 Å². The maximum Gasteiger partial charge on any atom is 0.291 e. The smallest absolute Gasteiger partial charge is 0.291 e. The number of rotatable bonds is 8. The van der Waals surface area contributed by atoms with Crippen LogP contribution in [-0.4, -0.2) is 38.1 Å². The van der Waals surface area contributed by atoms with Crippen LogP contribution in [0, 0.1) is 5.92 Å². The molecule has 0 atom stereocenters. The largest absolute Gasteiger partial charge is 0.497 e. The van der Waals surface area contributed by atoms with Crippen LogP contribution in [0.15, 0.2) is 89.9 Å². The zero-order chi connectivity index (χ0) is 27.6. The van der Waals surface area contributed by atoms with Crippen LogP contribution >= 0.6 is 11.3 Å². The highest BCUT2D eigenvalue weighted by Gasteiger charge is 2.15. The van der Waals surface area contributed by atoms with Gasteiger partial charge >= 0.3 is 0 Å². The van der Waals surface area contributed by atoms with Crippen LogP contribution in [0.3, 0.4) is 0 Å². The van der Waals surface area contributed by atoms with E-state index in [1.54, 1.807) is 7.11 Å². The zero-order valence-electron chi connectivity index (χ0n) is 22.3. The van der Waals surface area contributed by atoms with Crippen LogP contribution in [0.2, 0.25) is 0 Å². The van der Waals surface area contributed by atoms with Crippen molar-refractivity contribution in [3.63, 3.8) is 0 Å². The molecular formula is C31H27N5O3S. The number of hydrogen-bond donors (Lipinski definition) is 0.